The maximum absolute atomic E-state index is 13.1. The molecule has 0 saturated carbocycles. The lowest BCUT2D eigenvalue weighted by atomic mass is 10.1. The molecule has 5 nitrogen and oxygen atoms in total. The zero-order valence-corrected chi connectivity index (χ0v) is 21.1. The minimum atomic E-state index is -4.55. The van der Waals surface area contributed by atoms with E-state index in [0.29, 0.717) is 17.5 Å². The molecule has 0 fully saturated rings. The second-order valence-electron chi connectivity index (χ2n) is 8.22. The average Bonchev–Trinajstić information content (AvgIpc) is 2.86. The van der Waals surface area contributed by atoms with Gasteiger partial charge in [-0.2, -0.15) is 17.5 Å². The fourth-order valence-electron chi connectivity index (χ4n) is 3.63. The van der Waals surface area contributed by atoms with Gasteiger partial charge < -0.3 is 4.90 Å². The summed E-state index contributed by atoms with van der Waals surface area (Å²) in [4.78, 5) is 6.04. The Morgan fingerprint density at radius 1 is 0.972 bits per heavy atom. The van der Waals surface area contributed by atoms with Gasteiger partial charge in [-0.3, -0.25) is 4.98 Å². The third-order valence-corrected chi connectivity index (χ3v) is 7.66. The Morgan fingerprint density at radius 3 is 2.17 bits per heavy atom. The maximum Gasteiger partial charge on any atom is 0.415 e. The summed E-state index contributed by atoms with van der Waals surface area (Å²) in [6, 6.07) is 18.1. The van der Waals surface area contributed by atoms with Gasteiger partial charge in [-0.05, 0) is 42.3 Å². The molecule has 2 aromatic carbocycles. The van der Waals surface area contributed by atoms with E-state index in [1.54, 1.807) is 55.3 Å². The van der Waals surface area contributed by atoms with Crippen molar-refractivity contribution in [1.82, 2.24) is 9.29 Å². The highest BCUT2D eigenvalue weighted by molar-refractivity contribution is 7.89. The summed E-state index contributed by atoms with van der Waals surface area (Å²) in [7, 11) is -0.478. The van der Waals surface area contributed by atoms with Crippen molar-refractivity contribution in [3.8, 4) is 11.1 Å². The lowest BCUT2D eigenvalue weighted by Crippen LogP contribution is -2.39. The number of pyridine rings is 1. The predicted octanol–water partition coefficient (Wildman–Crippen LogP) is 4.20. The van der Waals surface area contributed by atoms with E-state index in [4.69, 9.17) is 0 Å². The summed E-state index contributed by atoms with van der Waals surface area (Å²) in [5, 5.41) is 0.649. The molecule has 36 heavy (non-hydrogen) atoms. The molecule has 0 saturated heterocycles. The highest BCUT2D eigenvalue weighted by atomic mass is 32.2. The number of hydrogen-bond donors (Lipinski definition) is 0. The van der Waals surface area contributed by atoms with Gasteiger partial charge in [0.05, 0.1) is 15.8 Å². The minimum Gasteiger partial charge on any atom is -0.373 e. The van der Waals surface area contributed by atoms with Gasteiger partial charge in [-0.1, -0.05) is 55.1 Å². The van der Waals surface area contributed by atoms with Crippen molar-refractivity contribution in [2.24, 2.45) is 0 Å². The van der Waals surface area contributed by atoms with Crippen molar-refractivity contribution in [1.29, 1.82) is 0 Å². The minimum absolute atomic E-state index is 0.142. The monoisotopic (exact) mass is 515 g/mol. The van der Waals surface area contributed by atoms with E-state index < -0.39 is 21.8 Å². The van der Waals surface area contributed by atoms with Gasteiger partial charge in [0.2, 0.25) is 10.0 Å². The van der Waals surface area contributed by atoms with Gasteiger partial charge in [0, 0.05) is 44.3 Å². The van der Waals surface area contributed by atoms with Crippen molar-refractivity contribution in [2.45, 2.75) is 18.0 Å². The third-order valence-electron chi connectivity index (χ3n) is 5.79. The Kier molecular flexibility index (Phi) is 8.37. The van der Waals surface area contributed by atoms with E-state index in [1.807, 2.05) is 30.3 Å². The molecule has 3 aromatic rings. The van der Waals surface area contributed by atoms with Crippen molar-refractivity contribution in [2.75, 3.05) is 32.1 Å². The van der Waals surface area contributed by atoms with Crippen LogP contribution in [0.5, 0.6) is 0 Å². The number of benzene rings is 2. The molecular weight excluding hydrogens is 487 g/mol. The normalized spacial score (nSPS) is 13.3. The van der Waals surface area contributed by atoms with Crippen molar-refractivity contribution < 1.29 is 21.6 Å². The molecule has 1 heterocycles. The first kappa shape index (κ1) is 27.2. The summed E-state index contributed by atoms with van der Waals surface area (Å²) >= 11 is 0. The van der Waals surface area contributed by atoms with Gasteiger partial charge >= 0.3 is 6.18 Å². The smallest absolute Gasteiger partial charge is 0.373 e. The lowest BCUT2D eigenvalue weighted by molar-refractivity contribution is -0.0862. The van der Waals surface area contributed by atoms with Gasteiger partial charge in [0.15, 0.2) is 0 Å². The quantitative estimate of drug-likeness (QED) is 0.451. The standard InChI is InChI=1S/C27H28F3N3O2S/c1-5-24-25(19-20(2)27(28,29)30)31-16-15-26(24)32(3)17-18-33(4)36(34,35)23-13-11-22(12-14-23)21-9-7-6-8-10-21/h5-16,19H,2,17-18H2,1,3-4H3/b24-5+,25-19+. The van der Waals surface area contributed by atoms with Crippen LogP contribution in [0.25, 0.3) is 23.3 Å². The Balaban J connectivity index is 1.77. The van der Waals surface area contributed by atoms with E-state index >= 15 is 0 Å². The molecule has 0 radical (unpaired) electrons. The fraction of sp³-hybridized carbons (Fsp3) is 0.222. The van der Waals surface area contributed by atoms with Gasteiger partial charge in [0.25, 0.3) is 0 Å². The van der Waals surface area contributed by atoms with Gasteiger partial charge in [-0.15, -0.1) is 0 Å². The van der Waals surface area contributed by atoms with E-state index in [9.17, 15) is 21.6 Å². The number of alkyl halides is 3. The Morgan fingerprint density at radius 2 is 1.58 bits per heavy atom. The molecule has 0 aliphatic heterocycles. The zero-order valence-electron chi connectivity index (χ0n) is 20.3. The lowest BCUT2D eigenvalue weighted by Gasteiger charge is -2.24. The summed E-state index contributed by atoms with van der Waals surface area (Å²) in [5.74, 6) is 0. The number of hydrogen-bond acceptors (Lipinski definition) is 4. The molecule has 0 bridgehead atoms. The van der Waals surface area contributed by atoms with Crippen LogP contribution in [0.2, 0.25) is 0 Å². The molecule has 0 atom stereocenters. The summed E-state index contributed by atoms with van der Waals surface area (Å²) in [5.41, 5.74) is 1.54. The Labute approximate surface area is 209 Å². The number of allylic oxidation sites excluding steroid dienone is 1. The van der Waals surface area contributed by atoms with Gasteiger partial charge in [0.1, 0.15) is 0 Å². The number of halogens is 3. The molecule has 0 aliphatic carbocycles. The summed E-state index contributed by atoms with van der Waals surface area (Å²) in [6.07, 6.45) is -0.556. The predicted molar refractivity (Wildman–Crippen MR) is 138 cm³/mol. The number of aromatic nitrogens is 1. The molecule has 0 unspecified atom stereocenters. The zero-order chi connectivity index (χ0) is 26.5. The second kappa shape index (κ2) is 11.1. The molecule has 0 spiro atoms. The fourth-order valence-corrected chi connectivity index (χ4v) is 4.79. The van der Waals surface area contributed by atoms with Crippen LogP contribution in [0.1, 0.15) is 6.92 Å². The number of rotatable bonds is 8. The highest BCUT2D eigenvalue weighted by Gasteiger charge is 2.30. The van der Waals surface area contributed by atoms with E-state index in [-0.39, 0.29) is 16.8 Å². The van der Waals surface area contributed by atoms with Crippen molar-refractivity contribution in [3.63, 3.8) is 0 Å². The summed E-state index contributed by atoms with van der Waals surface area (Å²) < 4.78 is 66.3. The molecule has 3 rings (SSSR count). The van der Waals surface area contributed by atoms with Crippen LogP contribution in [-0.2, 0) is 10.0 Å². The first-order valence-electron chi connectivity index (χ1n) is 11.2. The molecule has 190 valence electrons. The van der Waals surface area contributed by atoms with Crippen LogP contribution in [-0.4, -0.2) is 51.1 Å². The van der Waals surface area contributed by atoms with Crippen molar-refractivity contribution in [3.05, 3.63) is 89.6 Å². The molecule has 0 N–H and O–H groups in total. The molecule has 0 amide bonds. The average molecular weight is 516 g/mol. The topological polar surface area (TPSA) is 53.5 Å². The number of anilines is 1. The van der Waals surface area contributed by atoms with Crippen LogP contribution in [0.15, 0.2) is 83.9 Å². The van der Waals surface area contributed by atoms with Crippen LogP contribution >= 0.6 is 0 Å². The Bertz CT molecular complexity index is 1440. The first-order valence-corrected chi connectivity index (χ1v) is 12.6. The molecular formula is C27H28F3N3O2S. The maximum atomic E-state index is 13.1. The van der Waals surface area contributed by atoms with Crippen LogP contribution in [0, 0.1) is 0 Å². The summed E-state index contributed by atoms with van der Waals surface area (Å²) in [6.45, 7) is 5.27. The SMILES string of the molecule is C=C(/C=c1/nccc(N(C)CCN(C)S(=O)(=O)c2ccc(-c3ccccc3)cc2)/c1=C/C)C(F)(F)F. The van der Waals surface area contributed by atoms with Crippen molar-refractivity contribution >= 4 is 27.9 Å². The second-order valence-corrected chi connectivity index (χ2v) is 10.3. The highest BCUT2D eigenvalue weighted by Crippen LogP contribution is 2.25. The van der Waals surface area contributed by atoms with Crippen LogP contribution < -0.4 is 15.5 Å². The number of nitrogens with zero attached hydrogens (tertiary/aromatic N) is 3. The van der Waals surface area contributed by atoms with E-state index in [0.717, 1.165) is 17.2 Å². The molecule has 9 heteroatoms. The molecule has 1 aromatic heterocycles. The van der Waals surface area contributed by atoms with E-state index in [2.05, 4.69) is 11.6 Å². The van der Waals surface area contributed by atoms with Gasteiger partial charge in [-0.25, -0.2) is 8.42 Å². The van der Waals surface area contributed by atoms with Crippen LogP contribution in [0.4, 0.5) is 18.9 Å². The number of likely N-dealkylation sites (N-methyl/N-ethyl adjacent to an activating group) is 2. The van der Waals surface area contributed by atoms with E-state index in [1.165, 1.54) is 17.5 Å². The number of sulfonamides is 1. The Hall–Kier alpha value is -3.43. The third kappa shape index (κ3) is 6.22. The first-order chi connectivity index (χ1) is 16.9. The van der Waals surface area contributed by atoms with Crippen LogP contribution in [0.3, 0.4) is 0 Å². The molecule has 0 aliphatic rings. The largest absolute Gasteiger partial charge is 0.415 e.